The topological polar surface area (TPSA) is 50.7 Å². The fourth-order valence-corrected chi connectivity index (χ4v) is 1.85. The van der Waals surface area contributed by atoms with E-state index in [9.17, 15) is 9.50 Å². The molecule has 2 unspecified atom stereocenters. The van der Waals surface area contributed by atoms with E-state index < -0.39 is 11.9 Å². The van der Waals surface area contributed by atoms with Crippen LogP contribution in [0.25, 0.3) is 0 Å². The van der Waals surface area contributed by atoms with Crippen molar-refractivity contribution in [2.45, 2.75) is 25.7 Å². The van der Waals surface area contributed by atoms with Crippen molar-refractivity contribution < 1.29 is 19.0 Å². The average molecular weight is 306 g/mol. The lowest BCUT2D eigenvalue weighted by molar-refractivity contribution is -0.0311. The van der Waals surface area contributed by atoms with Gasteiger partial charge in [0.1, 0.15) is 5.82 Å². The van der Waals surface area contributed by atoms with E-state index in [1.165, 1.54) is 6.07 Å². The summed E-state index contributed by atoms with van der Waals surface area (Å²) in [6.45, 7) is 3.50. The Labute approximate surface area is 123 Å². The van der Waals surface area contributed by atoms with Gasteiger partial charge < -0.3 is 19.9 Å². The first-order valence-electron chi connectivity index (χ1n) is 6.46. The van der Waals surface area contributed by atoms with Crippen molar-refractivity contribution in [3.8, 4) is 0 Å². The Hall–Kier alpha value is -0.720. The monoisotopic (exact) mass is 305 g/mol. The van der Waals surface area contributed by atoms with Gasteiger partial charge in [-0.1, -0.05) is 17.7 Å². The average Bonchev–Trinajstić information content (AvgIpc) is 2.41. The van der Waals surface area contributed by atoms with Gasteiger partial charge >= 0.3 is 0 Å². The molecule has 1 rings (SSSR count). The SMILES string of the molecule is COCC(C)OCC(O)CNCc1ccc(F)c(Cl)c1. The summed E-state index contributed by atoms with van der Waals surface area (Å²) in [5, 5.41) is 12.9. The summed E-state index contributed by atoms with van der Waals surface area (Å²) in [4.78, 5) is 0. The molecule has 0 heterocycles. The Bertz CT molecular complexity index is 406. The van der Waals surface area contributed by atoms with Gasteiger partial charge in [-0.15, -0.1) is 0 Å². The second kappa shape index (κ2) is 9.26. The van der Waals surface area contributed by atoms with Crippen molar-refractivity contribution >= 4 is 11.6 Å². The minimum atomic E-state index is -0.606. The molecule has 2 atom stereocenters. The maximum atomic E-state index is 13.0. The first-order valence-corrected chi connectivity index (χ1v) is 6.84. The molecule has 0 saturated heterocycles. The van der Waals surface area contributed by atoms with E-state index in [-0.39, 0.29) is 17.7 Å². The van der Waals surface area contributed by atoms with Gasteiger partial charge in [-0.25, -0.2) is 4.39 Å². The molecule has 1 aromatic rings. The van der Waals surface area contributed by atoms with Crippen molar-refractivity contribution in [2.24, 2.45) is 0 Å². The van der Waals surface area contributed by atoms with E-state index in [0.29, 0.717) is 19.7 Å². The smallest absolute Gasteiger partial charge is 0.141 e. The molecule has 6 heteroatoms. The van der Waals surface area contributed by atoms with Gasteiger partial charge in [-0.2, -0.15) is 0 Å². The van der Waals surface area contributed by atoms with Crippen molar-refractivity contribution in [3.05, 3.63) is 34.6 Å². The molecule has 0 aliphatic rings. The molecule has 0 aliphatic carbocycles. The zero-order valence-electron chi connectivity index (χ0n) is 11.7. The number of benzene rings is 1. The number of hydrogen-bond acceptors (Lipinski definition) is 4. The molecular weight excluding hydrogens is 285 g/mol. The number of ether oxygens (including phenoxy) is 2. The first kappa shape index (κ1) is 17.3. The minimum absolute atomic E-state index is 0.0504. The molecule has 0 amide bonds. The molecule has 20 heavy (non-hydrogen) atoms. The lowest BCUT2D eigenvalue weighted by Crippen LogP contribution is -2.32. The fourth-order valence-electron chi connectivity index (χ4n) is 1.65. The van der Waals surface area contributed by atoms with Crippen LogP contribution in [0.2, 0.25) is 5.02 Å². The van der Waals surface area contributed by atoms with E-state index in [4.69, 9.17) is 21.1 Å². The molecule has 0 fully saturated rings. The highest BCUT2D eigenvalue weighted by Gasteiger charge is 2.08. The highest BCUT2D eigenvalue weighted by atomic mass is 35.5. The third-order valence-corrected chi connectivity index (χ3v) is 2.96. The number of aliphatic hydroxyl groups excluding tert-OH is 1. The number of rotatable bonds is 9. The molecule has 114 valence electrons. The van der Waals surface area contributed by atoms with E-state index in [2.05, 4.69) is 5.32 Å². The molecule has 0 spiro atoms. The maximum Gasteiger partial charge on any atom is 0.141 e. The molecule has 0 aromatic heterocycles. The largest absolute Gasteiger partial charge is 0.389 e. The minimum Gasteiger partial charge on any atom is -0.389 e. The Morgan fingerprint density at radius 2 is 2.15 bits per heavy atom. The van der Waals surface area contributed by atoms with Crippen LogP contribution >= 0.6 is 11.6 Å². The Balaban J connectivity index is 2.21. The van der Waals surface area contributed by atoms with Crippen molar-refractivity contribution in [1.29, 1.82) is 0 Å². The summed E-state index contributed by atoms with van der Waals surface area (Å²) >= 11 is 5.69. The number of halogens is 2. The molecule has 0 radical (unpaired) electrons. The van der Waals surface area contributed by atoms with Crippen LogP contribution in [0.5, 0.6) is 0 Å². The summed E-state index contributed by atoms with van der Waals surface area (Å²) in [7, 11) is 1.60. The van der Waals surface area contributed by atoms with E-state index >= 15 is 0 Å². The van der Waals surface area contributed by atoms with Crippen molar-refractivity contribution in [3.63, 3.8) is 0 Å². The quantitative estimate of drug-likeness (QED) is 0.732. The summed E-state index contributed by atoms with van der Waals surface area (Å²) in [5.41, 5.74) is 0.859. The zero-order chi connectivity index (χ0) is 15.0. The normalized spacial score (nSPS) is 14.2. The highest BCUT2D eigenvalue weighted by Crippen LogP contribution is 2.15. The number of methoxy groups -OCH3 is 1. The van der Waals surface area contributed by atoms with Gasteiger partial charge in [0, 0.05) is 20.2 Å². The van der Waals surface area contributed by atoms with Gasteiger partial charge in [0.25, 0.3) is 0 Å². The first-order chi connectivity index (χ1) is 9.52. The summed E-state index contributed by atoms with van der Waals surface area (Å²) in [5.74, 6) is -0.434. The predicted octanol–water partition coefficient (Wildman–Crippen LogP) is 1.98. The van der Waals surface area contributed by atoms with Crippen LogP contribution in [0, 0.1) is 5.82 Å². The van der Waals surface area contributed by atoms with Gasteiger partial charge in [-0.05, 0) is 24.6 Å². The number of nitrogens with one attached hydrogen (secondary N) is 1. The van der Waals surface area contributed by atoms with Crippen LogP contribution in [-0.4, -0.2) is 44.2 Å². The van der Waals surface area contributed by atoms with Gasteiger partial charge in [-0.3, -0.25) is 0 Å². The second-order valence-electron chi connectivity index (χ2n) is 4.63. The third kappa shape index (κ3) is 6.63. The van der Waals surface area contributed by atoms with E-state index in [0.717, 1.165) is 5.56 Å². The predicted molar refractivity (Wildman–Crippen MR) is 76.4 cm³/mol. The van der Waals surface area contributed by atoms with Crippen LogP contribution in [0.3, 0.4) is 0 Å². The number of hydrogen-bond donors (Lipinski definition) is 2. The van der Waals surface area contributed by atoms with Gasteiger partial charge in [0.05, 0.1) is 30.4 Å². The second-order valence-corrected chi connectivity index (χ2v) is 5.04. The molecule has 1 aromatic carbocycles. The van der Waals surface area contributed by atoms with Gasteiger partial charge in [0.15, 0.2) is 0 Å². The van der Waals surface area contributed by atoms with Crippen molar-refractivity contribution in [2.75, 3.05) is 26.9 Å². The van der Waals surface area contributed by atoms with Crippen LogP contribution in [-0.2, 0) is 16.0 Å². The van der Waals surface area contributed by atoms with Crippen LogP contribution in [0.15, 0.2) is 18.2 Å². The molecule has 4 nitrogen and oxygen atoms in total. The van der Waals surface area contributed by atoms with Crippen LogP contribution < -0.4 is 5.32 Å². The molecule has 0 saturated carbocycles. The summed E-state index contributed by atoms with van der Waals surface area (Å²) in [6, 6.07) is 4.54. The van der Waals surface area contributed by atoms with E-state index in [1.807, 2.05) is 6.92 Å². The van der Waals surface area contributed by atoms with E-state index in [1.54, 1.807) is 19.2 Å². The Kier molecular flexibility index (Phi) is 8.02. The Morgan fingerprint density at radius 3 is 2.80 bits per heavy atom. The van der Waals surface area contributed by atoms with Gasteiger partial charge in [0.2, 0.25) is 0 Å². The fraction of sp³-hybridized carbons (Fsp3) is 0.571. The summed E-state index contributed by atoms with van der Waals surface area (Å²) in [6.07, 6.45) is -0.657. The third-order valence-electron chi connectivity index (χ3n) is 2.67. The standard InChI is InChI=1S/C14H21ClFNO3/c1-10(8-19-2)20-9-12(18)7-17-6-11-3-4-14(16)13(15)5-11/h3-5,10,12,17-18H,6-9H2,1-2H3. The van der Waals surface area contributed by atoms with Crippen LogP contribution in [0.4, 0.5) is 4.39 Å². The lowest BCUT2D eigenvalue weighted by atomic mass is 10.2. The summed E-state index contributed by atoms with van der Waals surface area (Å²) < 4.78 is 23.3. The highest BCUT2D eigenvalue weighted by molar-refractivity contribution is 6.30. The van der Waals surface area contributed by atoms with Crippen LogP contribution in [0.1, 0.15) is 12.5 Å². The molecule has 2 N–H and O–H groups in total. The maximum absolute atomic E-state index is 13.0. The molecule has 0 aliphatic heterocycles. The van der Waals surface area contributed by atoms with Crippen molar-refractivity contribution in [1.82, 2.24) is 5.32 Å². The zero-order valence-corrected chi connectivity index (χ0v) is 12.5. The molecular formula is C14H21ClFNO3. The Morgan fingerprint density at radius 1 is 1.40 bits per heavy atom. The molecule has 0 bridgehead atoms. The lowest BCUT2D eigenvalue weighted by Gasteiger charge is -2.16. The number of aliphatic hydroxyl groups is 1.